The van der Waals surface area contributed by atoms with E-state index in [1.807, 2.05) is 6.08 Å². The van der Waals surface area contributed by atoms with Crippen molar-refractivity contribution >= 4 is 23.2 Å². The lowest BCUT2D eigenvalue weighted by molar-refractivity contribution is -0.110. The number of aromatic hydroxyl groups is 1. The van der Waals surface area contributed by atoms with Crippen molar-refractivity contribution in [1.29, 1.82) is 0 Å². The molecule has 0 atom stereocenters. The van der Waals surface area contributed by atoms with Crippen molar-refractivity contribution in [3.8, 4) is 5.75 Å². The van der Waals surface area contributed by atoms with Crippen LogP contribution in [0.3, 0.4) is 0 Å². The molecule has 0 fully saturated rings. The molecule has 1 aromatic heterocycles. The van der Waals surface area contributed by atoms with Crippen molar-refractivity contribution in [2.75, 3.05) is 5.32 Å². The predicted octanol–water partition coefficient (Wildman–Crippen LogP) is 3.09. The maximum absolute atomic E-state index is 12.1. The molecule has 4 heteroatoms. The van der Waals surface area contributed by atoms with Crippen LogP contribution in [0.2, 0.25) is 0 Å². The van der Waals surface area contributed by atoms with E-state index in [1.165, 1.54) is 24.1 Å². The van der Waals surface area contributed by atoms with E-state index in [0.29, 0.717) is 11.3 Å². The zero-order chi connectivity index (χ0) is 14.4. The second-order valence-electron chi connectivity index (χ2n) is 5.68. The first-order valence-corrected chi connectivity index (χ1v) is 7.28. The van der Waals surface area contributed by atoms with Crippen LogP contribution in [0.25, 0.3) is 11.6 Å². The first-order chi connectivity index (χ1) is 10.2. The highest BCUT2D eigenvalue weighted by Crippen LogP contribution is 2.35. The molecule has 0 radical (unpaired) electrons. The molecule has 3 N–H and O–H groups in total. The molecule has 1 aliphatic heterocycles. The second kappa shape index (κ2) is 4.52. The zero-order valence-corrected chi connectivity index (χ0v) is 11.6. The Hall–Kier alpha value is -2.49. The Balaban J connectivity index is 1.76. The van der Waals surface area contributed by atoms with E-state index in [0.717, 1.165) is 24.1 Å². The SMILES string of the molecule is O=C1Nc2cc(O)ccc2/C1=C/c1cc2c([nH]1)CCCC2. The molecule has 0 unspecified atom stereocenters. The van der Waals surface area contributed by atoms with E-state index >= 15 is 0 Å². The third-order valence-corrected chi connectivity index (χ3v) is 4.22. The average Bonchev–Trinajstić information content (AvgIpc) is 3.00. The number of benzene rings is 1. The first kappa shape index (κ1) is 12.3. The van der Waals surface area contributed by atoms with E-state index in [4.69, 9.17) is 0 Å². The van der Waals surface area contributed by atoms with Crippen LogP contribution in [0.4, 0.5) is 5.69 Å². The Kier molecular flexibility index (Phi) is 2.64. The lowest BCUT2D eigenvalue weighted by atomic mass is 9.98. The number of fused-ring (bicyclic) bond motifs is 2. The maximum atomic E-state index is 12.1. The summed E-state index contributed by atoms with van der Waals surface area (Å²) in [6.45, 7) is 0. The molecule has 4 nitrogen and oxygen atoms in total. The smallest absolute Gasteiger partial charge is 0.256 e. The molecule has 106 valence electrons. The number of aromatic amines is 1. The number of phenolic OH excluding ortho intramolecular Hbond substituents is 1. The molecule has 2 aromatic rings. The highest BCUT2D eigenvalue weighted by Gasteiger charge is 2.24. The quantitative estimate of drug-likeness (QED) is 0.703. The molecule has 21 heavy (non-hydrogen) atoms. The van der Waals surface area contributed by atoms with Gasteiger partial charge in [0, 0.05) is 23.0 Å². The minimum atomic E-state index is -0.122. The van der Waals surface area contributed by atoms with Crippen LogP contribution in [0.15, 0.2) is 24.3 Å². The molecule has 2 heterocycles. The first-order valence-electron chi connectivity index (χ1n) is 7.28. The van der Waals surface area contributed by atoms with Crippen LogP contribution >= 0.6 is 0 Å². The van der Waals surface area contributed by atoms with Crippen LogP contribution in [-0.4, -0.2) is 16.0 Å². The largest absolute Gasteiger partial charge is 0.508 e. The number of amides is 1. The molecule has 0 saturated carbocycles. The Morgan fingerprint density at radius 2 is 2.00 bits per heavy atom. The number of H-pyrrole nitrogens is 1. The molecule has 0 spiro atoms. The maximum Gasteiger partial charge on any atom is 0.256 e. The standard InChI is InChI=1S/C17H16N2O2/c20-12-5-6-13-14(17(21)19-16(13)9-12)8-11-7-10-3-1-2-4-15(10)18-11/h5-9,18,20H,1-4H2,(H,19,21)/b14-8-. The molecule has 0 saturated heterocycles. The van der Waals surface area contributed by atoms with E-state index in [1.54, 1.807) is 18.2 Å². The Morgan fingerprint density at radius 3 is 2.86 bits per heavy atom. The number of hydrogen-bond donors (Lipinski definition) is 3. The van der Waals surface area contributed by atoms with Gasteiger partial charge >= 0.3 is 0 Å². The van der Waals surface area contributed by atoms with Crippen molar-refractivity contribution in [2.45, 2.75) is 25.7 Å². The number of carbonyl (C=O) groups is 1. The third-order valence-electron chi connectivity index (χ3n) is 4.22. The lowest BCUT2D eigenvalue weighted by Gasteiger charge is -2.08. The number of rotatable bonds is 1. The summed E-state index contributed by atoms with van der Waals surface area (Å²) in [5.41, 5.74) is 5.80. The normalized spacial score (nSPS) is 18.5. The molecular weight excluding hydrogens is 264 g/mol. The number of carbonyl (C=O) groups excluding carboxylic acids is 1. The van der Waals surface area contributed by atoms with Gasteiger partial charge in [0.25, 0.3) is 5.91 Å². The number of phenols is 1. The van der Waals surface area contributed by atoms with Gasteiger partial charge in [0.05, 0.1) is 11.3 Å². The third kappa shape index (κ3) is 2.03. The number of aryl methyl sites for hydroxylation is 2. The van der Waals surface area contributed by atoms with Crippen LogP contribution in [-0.2, 0) is 17.6 Å². The summed E-state index contributed by atoms with van der Waals surface area (Å²) >= 11 is 0. The predicted molar refractivity (Wildman–Crippen MR) is 82.0 cm³/mol. The van der Waals surface area contributed by atoms with Crippen molar-refractivity contribution in [1.82, 2.24) is 4.98 Å². The minimum absolute atomic E-state index is 0.122. The van der Waals surface area contributed by atoms with Gasteiger partial charge in [-0.2, -0.15) is 0 Å². The molecule has 1 aliphatic carbocycles. The fraction of sp³-hybridized carbons (Fsp3) is 0.235. The Morgan fingerprint density at radius 1 is 1.14 bits per heavy atom. The van der Waals surface area contributed by atoms with Gasteiger partial charge < -0.3 is 15.4 Å². The number of nitrogens with one attached hydrogen (secondary N) is 2. The molecular formula is C17H16N2O2. The van der Waals surface area contributed by atoms with Gasteiger partial charge in [-0.3, -0.25) is 4.79 Å². The van der Waals surface area contributed by atoms with Crippen molar-refractivity contribution in [3.63, 3.8) is 0 Å². The molecule has 1 aromatic carbocycles. The summed E-state index contributed by atoms with van der Waals surface area (Å²) < 4.78 is 0. The van der Waals surface area contributed by atoms with Crippen molar-refractivity contribution < 1.29 is 9.90 Å². The zero-order valence-electron chi connectivity index (χ0n) is 11.6. The van der Waals surface area contributed by atoms with Crippen molar-refractivity contribution in [3.05, 3.63) is 46.8 Å². The molecule has 2 aliphatic rings. The summed E-state index contributed by atoms with van der Waals surface area (Å²) in [6.07, 6.45) is 6.58. The van der Waals surface area contributed by atoms with E-state index in [9.17, 15) is 9.90 Å². The van der Waals surface area contributed by atoms with Crippen LogP contribution in [0, 0.1) is 0 Å². The van der Waals surface area contributed by atoms with Gasteiger partial charge in [-0.15, -0.1) is 0 Å². The van der Waals surface area contributed by atoms with Gasteiger partial charge in [-0.25, -0.2) is 0 Å². The molecule has 1 amide bonds. The van der Waals surface area contributed by atoms with E-state index in [-0.39, 0.29) is 11.7 Å². The highest BCUT2D eigenvalue weighted by atomic mass is 16.3. The molecule has 4 rings (SSSR count). The summed E-state index contributed by atoms with van der Waals surface area (Å²) in [4.78, 5) is 15.5. The van der Waals surface area contributed by atoms with Gasteiger partial charge in [-0.05, 0) is 55.5 Å². The van der Waals surface area contributed by atoms with Crippen LogP contribution < -0.4 is 5.32 Å². The van der Waals surface area contributed by atoms with E-state index in [2.05, 4.69) is 16.4 Å². The number of anilines is 1. The van der Waals surface area contributed by atoms with Crippen molar-refractivity contribution in [2.24, 2.45) is 0 Å². The van der Waals surface area contributed by atoms with Crippen LogP contribution in [0.1, 0.15) is 35.4 Å². The van der Waals surface area contributed by atoms with Gasteiger partial charge in [0.2, 0.25) is 0 Å². The second-order valence-corrected chi connectivity index (χ2v) is 5.68. The monoisotopic (exact) mass is 280 g/mol. The topological polar surface area (TPSA) is 65.1 Å². The summed E-state index contributed by atoms with van der Waals surface area (Å²) in [7, 11) is 0. The average molecular weight is 280 g/mol. The minimum Gasteiger partial charge on any atom is -0.508 e. The summed E-state index contributed by atoms with van der Waals surface area (Å²) in [5.74, 6) is 0.0359. The molecule has 0 bridgehead atoms. The van der Waals surface area contributed by atoms with E-state index < -0.39 is 0 Å². The lowest BCUT2D eigenvalue weighted by Crippen LogP contribution is -2.03. The number of aromatic nitrogens is 1. The van der Waals surface area contributed by atoms with Gasteiger partial charge in [-0.1, -0.05) is 0 Å². The Labute approximate surface area is 122 Å². The Bertz CT molecular complexity index is 748. The fourth-order valence-electron chi connectivity index (χ4n) is 3.19. The summed E-state index contributed by atoms with van der Waals surface area (Å²) in [6, 6.07) is 7.10. The van der Waals surface area contributed by atoms with Gasteiger partial charge in [0.15, 0.2) is 0 Å². The fourth-order valence-corrected chi connectivity index (χ4v) is 3.19. The number of hydrogen-bond acceptors (Lipinski definition) is 2. The summed E-state index contributed by atoms with van der Waals surface area (Å²) in [5, 5.41) is 12.3. The highest BCUT2D eigenvalue weighted by molar-refractivity contribution is 6.34. The van der Waals surface area contributed by atoms with Crippen LogP contribution in [0.5, 0.6) is 5.75 Å². The van der Waals surface area contributed by atoms with Gasteiger partial charge in [0.1, 0.15) is 5.75 Å².